The van der Waals surface area contributed by atoms with Gasteiger partial charge in [0.25, 0.3) is 0 Å². The van der Waals surface area contributed by atoms with Crippen LogP contribution in [0.15, 0.2) is 23.3 Å². The Labute approximate surface area is 207 Å². The standard InChI is InChI=1S/C27H46O6Si/c1-12-30-26(29)20(9)13-19(8)24-21(10)25-23(28)14-22(27(11,32-24)33-25)15-31-34(16(2)3,17(4)5)18(6)7/h13-14,16-19,21,24-25H,12,15H2,1-11H3/b20-13+/t19-,21-,24-,25?,27+/m1/s1. The monoisotopic (exact) mass is 494 g/mol. The molecule has 0 aliphatic carbocycles. The molecule has 2 aliphatic rings. The summed E-state index contributed by atoms with van der Waals surface area (Å²) in [4.78, 5) is 25.2. The Hall–Kier alpha value is -1.28. The van der Waals surface area contributed by atoms with Gasteiger partial charge in [0.15, 0.2) is 11.6 Å². The molecule has 0 saturated carbocycles. The number of rotatable bonds is 10. The number of ketones is 1. The number of carbonyl (C=O) groups is 2. The molecule has 34 heavy (non-hydrogen) atoms. The Morgan fingerprint density at radius 3 is 2.18 bits per heavy atom. The first kappa shape index (κ1) is 29.0. The Morgan fingerprint density at radius 1 is 1.12 bits per heavy atom. The highest BCUT2D eigenvalue weighted by Gasteiger charge is 2.53. The second-order valence-corrected chi connectivity index (χ2v) is 16.5. The van der Waals surface area contributed by atoms with Crippen molar-refractivity contribution in [3.63, 3.8) is 0 Å². The maximum absolute atomic E-state index is 13.1. The Kier molecular flexibility index (Phi) is 9.53. The van der Waals surface area contributed by atoms with E-state index in [2.05, 4.69) is 41.5 Å². The summed E-state index contributed by atoms with van der Waals surface area (Å²) in [6.45, 7) is 23.5. The first-order valence-corrected chi connectivity index (χ1v) is 14.9. The molecule has 0 aromatic heterocycles. The van der Waals surface area contributed by atoms with Gasteiger partial charge in [0.1, 0.15) is 6.10 Å². The van der Waals surface area contributed by atoms with Gasteiger partial charge in [-0.25, -0.2) is 4.79 Å². The third kappa shape index (κ3) is 5.58. The van der Waals surface area contributed by atoms with Gasteiger partial charge in [-0.1, -0.05) is 61.5 Å². The summed E-state index contributed by atoms with van der Waals surface area (Å²) >= 11 is 0. The Bertz CT molecular complexity index is 792. The fourth-order valence-electron chi connectivity index (χ4n) is 6.03. The van der Waals surface area contributed by atoms with E-state index in [1.54, 1.807) is 19.9 Å². The SMILES string of the molecule is CCOC(=O)/C(C)=C/[C@@H](C)[C@H]1O[C@@]2(C)OC(C(=O)C=C2CO[Si](C(C)C)(C(C)C)C(C)C)[C@@H]1C. The van der Waals surface area contributed by atoms with Crippen molar-refractivity contribution in [1.29, 1.82) is 0 Å². The summed E-state index contributed by atoms with van der Waals surface area (Å²) in [5.41, 5.74) is 2.58. The van der Waals surface area contributed by atoms with Crippen molar-refractivity contribution in [2.45, 2.75) is 111 Å². The van der Waals surface area contributed by atoms with Crippen LogP contribution < -0.4 is 0 Å². The summed E-state index contributed by atoms with van der Waals surface area (Å²) in [6.07, 6.45) is 2.70. The predicted molar refractivity (Wildman–Crippen MR) is 137 cm³/mol. The van der Waals surface area contributed by atoms with Gasteiger partial charge in [0.2, 0.25) is 8.32 Å². The van der Waals surface area contributed by atoms with Crippen LogP contribution in [0.1, 0.15) is 76.2 Å². The van der Waals surface area contributed by atoms with Crippen LogP contribution in [0.25, 0.3) is 0 Å². The molecular weight excluding hydrogens is 448 g/mol. The van der Waals surface area contributed by atoms with Gasteiger partial charge >= 0.3 is 5.97 Å². The molecule has 0 aromatic carbocycles. The van der Waals surface area contributed by atoms with E-state index in [1.807, 2.05) is 26.8 Å². The number of hydrogen-bond acceptors (Lipinski definition) is 6. The number of esters is 1. The summed E-state index contributed by atoms with van der Waals surface area (Å²) in [5.74, 6) is -1.67. The lowest BCUT2D eigenvalue weighted by molar-refractivity contribution is -0.311. The zero-order chi connectivity index (χ0) is 26.0. The van der Waals surface area contributed by atoms with Gasteiger partial charge in [-0.15, -0.1) is 0 Å². The normalized spacial score (nSPS) is 29.0. The molecule has 0 spiro atoms. The maximum atomic E-state index is 13.1. The summed E-state index contributed by atoms with van der Waals surface area (Å²) < 4.78 is 24.7. The number of fused-ring (bicyclic) bond motifs is 2. The van der Waals surface area contributed by atoms with Gasteiger partial charge in [-0.2, -0.15) is 0 Å². The van der Waals surface area contributed by atoms with E-state index in [1.165, 1.54) is 0 Å². The van der Waals surface area contributed by atoms with E-state index in [0.29, 0.717) is 35.4 Å². The Morgan fingerprint density at radius 2 is 1.68 bits per heavy atom. The van der Waals surface area contributed by atoms with Crippen molar-refractivity contribution >= 4 is 20.1 Å². The van der Waals surface area contributed by atoms with Crippen molar-refractivity contribution in [2.24, 2.45) is 11.8 Å². The molecule has 1 unspecified atom stereocenters. The molecule has 1 fully saturated rings. The lowest BCUT2D eigenvalue weighted by Crippen LogP contribution is -2.59. The summed E-state index contributed by atoms with van der Waals surface area (Å²) in [7, 11) is -2.13. The van der Waals surface area contributed by atoms with Gasteiger partial charge in [-0.05, 0) is 43.5 Å². The third-order valence-electron chi connectivity index (χ3n) is 7.70. The molecule has 2 rings (SSSR count). The van der Waals surface area contributed by atoms with E-state index >= 15 is 0 Å². The van der Waals surface area contributed by atoms with Crippen LogP contribution in [0.3, 0.4) is 0 Å². The molecule has 7 heteroatoms. The van der Waals surface area contributed by atoms with E-state index in [9.17, 15) is 9.59 Å². The summed E-state index contributed by atoms with van der Waals surface area (Å²) in [6, 6.07) is 0. The van der Waals surface area contributed by atoms with E-state index < -0.39 is 20.2 Å². The van der Waals surface area contributed by atoms with Crippen LogP contribution in [0, 0.1) is 11.8 Å². The highest BCUT2D eigenvalue weighted by atomic mass is 28.4. The molecule has 0 amide bonds. The van der Waals surface area contributed by atoms with Crippen LogP contribution in [0.5, 0.6) is 0 Å². The van der Waals surface area contributed by atoms with Crippen LogP contribution >= 0.6 is 0 Å². The highest BCUT2D eigenvalue weighted by Crippen LogP contribution is 2.46. The molecule has 2 aliphatic heterocycles. The first-order chi connectivity index (χ1) is 15.7. The van der Waals surface area contributed by atoms with E-state index in [4.69, 9.17) is 18.6 Å². The topological polar surface area (TPSA) is 71.1 Å². The molecule has 0 N–H and O–H groups in total. The summed E-state index contributed by atoms with van der Waals surface area (Å²) in [5, 5.41) is 0. The van der Waals surface area contributed by atoms with Gasteiger partial charge in [0, 0.05) is 23.0 Å². The average Bonchev–Trinajstić information content (AvgIpc) is 2.73. The minimum absolute atomic E-state index is 0.0407. The number of ether oxygens (including phenoxy) is 3. The van der Waals surface area contributed by atoms with E-state index in [0.717, 1.165) is 5.57 Å². The fraction of sp³-hybridized carbons (Fsp3) is 0.778. The largest absolute Gasteiger partial charge is 0.463 e. The smallest absolute Gasteiger partial charge is 0.333 e. The third-order valence-corrected chi connectivity index (χ3v) is 13.8. The second-order valence-electron chi connectivity index (χ2n) is 11.0. The van der Waals surface area contributed by atoms with Gasteiger partial charge in [-0.3, -0.25) is 4.79 Å². The molecule has 0 aromatic rings. The van der Waals surface area contributed by atoms with Crippen LogP contribution in [-0.4, -0.2) is 51.3 Å². The fourth-order valence-corrected chi connectivity index (χ4v) is 11.4. The molecule has 0 radical (unpaired) electrons. The lowest BCUT2D eigenvalue weighted by atomic mass is 9.81. The highest BCUT2D eigenvalue weighted by molar-refractivity contribution is 6.77. The molecular formula is C27H46O6Si. The average molecular weight is 495 g/mol. The van der Waals surface area contributed by atoms with Crippen LogP contribution in [-0.2, 0) is 28.2 Å². The quantitative estimate of drug-likeness (QED) is 0.212. The van der Waals surface area contributed by atoms with Crippen molar-refractivity contribution < 1.29 is 28.2 Å². The van der Waals surface area contributed by atoms with Crippen molar-refractivity contribution in [2.75, 3.05) is 13.2 Å². The number of carbonyl (C=O) groups excluding carboxylic acids is 2. The molecule has 2 bridgehead atoms. The molecule has 194 valence electrons. The van der Waals surface area contributed by atoms with Crippen LogP contribution in [0.4, 0.5) is 0 Å². The predicted octanol–water partition coefficient (Wildman–Crippen LogP) is 5.97. The van der Waals surface area contributed by atoms with Crippen LogP contribution in [0.2, 0.25) is 16.6 Å². The van der Waals surface area contributed by atoms with E-state index in [-0.39, 0.29) is 29.7 Å². The van der Waals surface area contributed by atoms with Gasteiger partial charge in [0.05, 0.1) is 19.3 Å². The second kappa shape index (κ2) is 11.2. The molecule has 2 heterocycles. The van der Waals surface area contributed by atoms with Gasteiger partial charge < -0.3 is 18.6 Å². The van der Waals surface area contributed by atoms with Crippen molar-refractivity contribution in [1.82, 2.24) is 0 Å². The molecule has 6 nitrogen and oxygen atoms in total. The van der Waals surface area contributed by atoms with Crippen molar-refractivity contribution in [3.05, 3.63) is 23.3 Å². The maximum Gasteiger partial charge on any atom is 0.333 e. The Balaban J connectivity index is 2.32. The molecule has 5 atom stereocenters. The first-order valence-electron chi connectivity index (χ1n) is 12.8. The lowest BCUT2D eigenvalue weighted by Gasteiger charge is -2.51. The zero-order valence-corrected chi connectivity index (χ0v) is 24.1. The number of hydrogen-bond donors (Lipinski definition) is 0. The minimum atomic E-state index is -2.13. The molecule has 1 saturated heterocycles. The van der Waals surface area contributed by atoms with Crippen molar-refractivity contribution in [3.8, 4) is 0 Å². The zero-order valence-electron chi connectivity index (χ0n) is 23.1. The minimum Gasteiger partial charge on any atom is -0.463 e.